The molecule has 0 aromatic heterocycles. The van der Waals surface area contributed by atoms with Crippen LogP contribution in [-0.2, 0) is 4.79 Å². The molecule has 1 aromatic rings. The van der Waals surface area contributed by atoms with Gasteiger partial charge in [0.1, 0.15) is 5.75 Å². The second-order valence-electron chi connectivity index (χ2n) is 4.38. The number of benzene rings is 1. The lowest BCUT2D eigenvalue weighted by Crippen LogP contribution is -2.31. The van der Waals surface area contributed by atoms with Crippen molar-refractivity contribution in [2.45, 2.75) is 33.6 Å². The molecule has 0 spiro atoms. The van der Waals surface area contributed by atoms with E-state index in [1.54, 1.807) is 23.1 Å². The molecule has 1 unspecified atom stereocenters. The molecular formula is C14H21NO2. The molecule has 0 saturated carbocycles. The molecule has 1 rings (SSSR count). The summed E-state index contributed by atoms with van der Waals surface area (Å²) in [5.41, 5.74) is 0.765. The van der Waals surface area contributed by atoms with Gasteiger partial charge >= 0.3 is 0 Å². The Hall–Kier alpha value is -1.51. The number of carbonyl (C=O) groups excluding carboxylic acids is 1. The van der Waals surface area contributed by atoms with Gasteiger partial charge in [-0.05, 0) is 25.0 Å². The van der Waals surface area contributed by atoms with Gasteiger partial charge in [0.05, 0.1) is 0 Å². The van der Waals surface area contributed by atoms with Crippen LogP contribution < -0.4 is 4.90 Å². The standard InChI is InChI=1S/C14H21NO2/c1-4-11(3)9-14(17)15(5-2)12-7-6-8-13(16)10-12/h6-8,10-11,16H,4-5,9H2,1-3H3. The summed E-state index contributed by atoms with van der Waals surface area (Å²) in [4.78, 5) is 13.8. The Kier molecular flexibility index (Phi) is 5.01. The Morgan fingerprint density at radius 3 is 2.65 bits per heavy atom. The summed E-state index contributed by atoms with van der Waals surface area (Å²) in [5, 5.41) is 9.43. The van der Waals surface area contributed by atoms with Crippen LogP contribution in [0.25, 0.3) is 0 Å². The molecule has 0 heterocycles. The molecule has 1 N–H and O–H groups in total. The molecule has 3 heteroatoms. The third-order valence-corrected chi connectivity index (χ3v) is 2.98. The van der Waals surface area contributed by atoms with Gasteiger partial charge in [-0.1, -0.05) is 26.3 Å². The van der Waals surface area contributed by atoms with Gasteiger partial charge in [-0.15, -0.1) is 0 Å². The van der Waals surface area contributed by atoms with Crippen LogP contribution in [0.5, 0.6) is 5.75 Å². The predicted octanol–water partition coefficient (Wildman–Crippen LogP) is 3.18. The SMILES string of the molecule is CCC(C)CC(=O)N(CC)c1cccc(O)c1. The summed E-state index contributed by atoms with van der Waals surface area (Å²) in [6.45, 7) is 6.73. The number of hydrogen-bond donors (Lipinski definition) is 1. The topological polar surface area (TPSA) is 40.5 Å². The maximum Gasteiger partial charge on any atom is 0.227 e. The van der Waals surface area contributed by atoms with Gasteiger partial charge in [0.15, 0.2) is 0 Å². The average Bonchev–Trinajstić information content (AvgIpc) is 2.30. The van der Waals surface area contributed by atoms with Crippen molar-refractivity contribution in [3.63, 3.8) is 0 Å². The number of anilines is 1. The van der Waals surface area contributed by atoms with Gasteiger partial charge in [0.2, 0.25) is 5.91 Å². The lowest BCUT2D eigenvalue weighted by Gasteiger charge is -2.22. The Bertz CT molecular complexity index is 376. The van der Waals surface area contributed by atoms with Crippen molar-refractivity contribution in [3.05, 3.63) is 24.3 Å². The van der Waals surface area contributed by atoms with Crippen molar-refractivity contribution in [1.82, 2.24) is 0 Å². The first kappa shape index (κ1) is 13.6. The summed E-state index contributed by atoms with van der Waals surface area (Å²) in [5.74, 6) is 0.707. The summed E-state index contributed by atoms with van der Waals surface area (Å²) in [7, 11) is 0. The third-order valence-electron chi connectivity index (χ3n) is 2.98. The molecule has 3 nitrogen and oxygen atoms in total. The summed E-state index contributed by atoms with van der Waals surface area (Å²) < 4.78 is 0. The number of hydrogen-bond acceptors (Lipinski definition) is 2. The van der Waals surface area contributed by atoms with E-state index < -0.39 is 0 Å². The summed E-state index contributed by atoms with van der Waals surface area (Å²) >= 11 is 0. The first-order valence-electron chi connectivity index (χ1n) is 6.17. The monoisotopic (exact) mass is 235 g/mol. The minimum atomic E-state index is 0.118. The zero-order valence-electron chi connectivity index (χ0n) is 10.8. The van der Waals surface area contributed by atoms with Gasteiger partial charge in [-0.3, -0.25) is 4.79 Å². The van der Waals surface area contributed by atoms with E-state index in [4.69, 9.17) is 0 Å². The first-order valence-corrected chi connectivity index (χ1v) is 6.17. The number of nitrogens with zero attached hydrogens (tertiary/aromatic N) is 1. The van der Waals surface area contributed by atoms with Crippen molar-refractivity contribution in [3.8, 4) is 5.75 Å². The second kappa shape index (κ2) is 6.28. The fourth-order valence-corrected chi connectivity index (χ4v) is 1.72. The van der Waals surface area contributed by atoms with Gasteiger partial charge in [-0.25, -0.2) is 0 Å². The normalized spacial score (nSPS) is 12.2. The Morgan fingerprint density at radius 2 is 2.12 bits per heavy atom. The zero-order valence-corrected chi connectivity index (χ0v) is 10.8. The highest BCUT2D eigenvalue weighted by atomic mass is 16.3. The summed E-state index contributed by atoms with van der Waals surface area (Å²) in [6, 6.07) is 6.83. The van der Waals surface area contributed by atoms with Crippen LogP contribution in [0.15, 0.2) is 24.3 Å². The van der Waals surface area contributed by atoms with Crippen molar-refractivity contribution in [1.29, 1.82) is 0 Å². The summed E-state index contributed by atoms with van der Waals surface area (Å²) in [6.07, 6.45) is 1.56. The Balaban J connectivity index is 2.81. The zero-order chi connectivity index (χ0) is 12.8. The van der Waals surface area contributed by atoms with E-state index in [2.05, 4.69) is 13.8 Å². The maximum atomic E-state index is 12.1. The Morgan fingerprint density at radius 1 is 1.41 bits per heavy atom. The molecule has 0 aliphatic heterocycles. The lowest BCUT2D eigenvalue weighted by molar-refractivity contribution is -0.119. The van der Waals surface area contributed by atoms with Crippen LogP contribution in [0, 0.1) is 5.92 Å². The fourth-order valence-electron chi connectivity index (χ4n) is 1.72. The molecule has 0 aliphatic carbocycles. The number of aromatic hydroxyl groups is 1. The number of phenols is 1. The van der Waals surface area contributed by atoms with Crippen molar-refractivity contribution < 1.29 is 9.90 Å². The highest BCUT2D eigenvalue weighted by Crippen LogP contribution is 2.21. The van der Waals surface area contributed by atoms with E-state index in [1.165, 1.54) is 0 Å². The highest BCUT2D eigenvalue weighted by molar-refractivity contribution is 5.93. The van der Waals surface area contributed by atoms with E-state index in [-0.39, 0.29) is 11.7 Å². The lowest BCUT2D eigenvalue weighted by atomic mass is 10.0. The molecule has 0 radical (unpaired) electrons. The molecule has 1 amide bonds. The van der Waals surface area contributed by atoms with Crippen LogP contribution in [-0.4, -0.2) is 17.6 Å². The largest absolute Gasteiger partial charge is 0.508 e. The second-order valence-corrected chi connectivity index (χ2v) is 4.38. The molecule has 1 atom stereocenters. The molecule has 0 fully saturated rings. The van der Waals surface area contributed by atoms with Crippen LogP contribution >= 0.6 is 0 Å². The van der Waals surface area contributed by atoms with Crippen LogP contribution in [0.3, 0.4) is 0 Å². The first-order chi connectivity index (χ1) is 8.08. The van der Waals surface area contributed by atoms with Crippen LogP contribution in [0.1, 0.15) is 33.6 Å². The molecule has 94 valence electrons. The van der Waals surface area contributed by atoms with E-state index in [0.29, 0.717) is 18.9 Å². The molecule has 1 aromatic carbocycles. The Labute approximate surface area is 103 Å². The van der Waals surface area contributed by atoms with E-state index >= 15 is 0 Å². The smallest absolute Gasteiger partial charge is 0.227 e. The molecule has 0 aliphatic rings. The van der Waals surface area contributed by atoms with Gasteiger partial charge in [-0.2, -0.15) is 0 Å². The molecular weight excluding hydrogens is 214 g/mol. The third kappa shape index (κ3) is 3.77. The fraction of sp³-hybridized carbons (Fsp3) is 0.500. The quantitative estimate of drug-likeness (QED) is 0.851. The molecule has 0 saturated heterocycles. The number of amides is 1. The van der Waals surface area contributed by atoms with Gasteiger partial charge in [0, 0.05) is 24.7 Å². The van der Waals surface area contributed by atoms with Crippen LogP contribution in [0.4, 0.5) is 5.69 Å². The maximum absolute atomic E-state index is 12.1. The van der Waals surface area contributed by atoms with Crippen LogP contribution in [0.2, 0.25) is 0 Å². The minimum Gasteiger partial charge on any atom is -0.508 e. The highest BCUT2D eigenvalue weighted by Gasteiger charge is 2.16. The van der Waals surface area contributed by atoms with Crippen molar-refractivity contribution >= 4 is 11.6 Å². The molecule has 0 bridgehead atoms. The number of rotatable bonds is 5. The average molecular weight is 235 g/mol. The number of carbonyl (C=O) groups is 1. The van der Waals surface area contributed by atoms with Gasteiger partial charge in [0.25, 0.3) is 0 Å². The minimum absolute atomic E-state index is 0.118. The van der Waals surface area contributed by atoms with E-state index in [9.17, 15) is 9.90 Å². The number of phenolic OH excluding ortho intramolecular Hbond substituents is 1. The molecule has 17 heavy (non-hydrogen) atoms. The van der Waals surface area contributed by atoms with E-state index in [1.807, 2.05) is 13.0 Å². The predicted molar refractivity (Wildman–Crippen MR) is 70.2 cm³/mol. The van der Waals surface area contributed by atoms with Crippen molar-refractivity contribution in [2.24, 2.45) is 5.92 Å². The van der Waals surface area contributed by atoms with Crippen molar-refractivity contribution in [2.75, 3.05) is 11.4 Å². The van der Waals surface area contributed by atoms with E-state index in [0.717, 1.165) is 12.1 Å². The van der Waals surface area contributed by atoms with Gasteiger partial charge < -0.3 is 10.0 Å².